The predicted octanol–water partition coefficient (Wildman–Crippen LogP) is 5.09. The molecule has 1 nitrogen and oxygen atoms in total. The zero-order valence-electron chi connectivity index (χ0n) is 12.0. The first kappa shape index (κ1) is 15.2. The van der Waals surface area contributed by atoms with Gasteiger partial charge in [-0.25, -0.2) is 0 Å². The van der Waals surface area contributed by atoms with Gasteiger partial charge in [-0.15, -0.1) is 25.3 Å². The number of benzene rings is 2. The highest BCUT2D eigenvalue weighted by molar-refractivity contribution is 7.80. The van der Waals surface area contributed by atoms with Gasteiger partial charge in [0.05, 0.1) is 0 Å². The Morgan fingerprint density at radius 2 is 1.05 bits per heavy atom. The predicted molar refractivity (Wildman–Crippen MR) is 97.6 cm³/mol. The Kier molecular flexibility index (Phi) is 4.55. The first-order valence-corrected chi connectivity index (χ1v) is 8.05. The normalized spacial score (nSPS) is 18.4. The average Bonchev–Trinajstić information content (AvgIpc) is 2.85. The molecule has 1 aliphatic carbocycles. The van der Waals surface area contributed by atoms with Gasteiger partial charge >= 0.3 is 0 Å². The third-order valence-corrected chi connectivity index (χ3v) is 4.31. The molecule has 1 saturated carbocycles. The van der Waals surface area contributed by atoms with Crippen LogP contribution in [0.15, 0.2) is 69.5 Å². The molecule has 22 heavy (non-hydrogen) atoms. The van der Waals surface area contributed by atoms with Crippen molar-refractivity contribution in [1.29, 1.82) is 0 Å². The Morgan fingerprint density at radius 1 is 0.682 bits per heavy atom. The van der Waals surface area contributed by atoms with Crippen molar-refractivity contribution >= 4 is 43.2 Å². The highest BCUT2D eigenvalue weighted by Crippen LogP contribution is 2.29. The number of allylic oxidation sites excluding steroid dienone is 2. The molecular weight excluding hydrogens is 308 g/mol. The number of thiol groups is 2. The molecule has 0 saturated heterocycles. The summed E-state index contributed by atoms with van der Waals surface area (Å²) in [5.74, 6) is 0.157. The summed E-state index contributed by atoms with van der Waals surface area (Å²) in [6.07, 6.45) is 5.57. The fourth-order valence-corrected chi connectivity index (χ4v) is 2.82. The van der Waals surface area contributed by atoms with Crippen LogP contribution in [-0.4, -0.2) is 5.78 Å². The van der Waals surface area contributed by atoms with E-state index in [0.29, 0.717) is 0 Å². The van der Waals surface area contributed by atoms with Gasteiger partial charge in [0.2, 0.25) is 0 Å². The fraction of sp³-hybridized carbons (Fsp3) is 0.105. The monoisotopic (exact) mass is 324 g/mol. The summed E-state index contributed by atoms with van der Waals surface area (Å²) in [6.45, 7) is 0. The zero-order valence-corrected chi connectivity index (χ0v) is 13.8. The molecule has 3 heteroatoms. The molecule has 0 aliphatic heterocycles. The number of carbonyl (C=O) groups is 1. The number of hydrogen-bond donors (Lipinski definition) is 2. The van der Waals surface area contributed by atoms with Crippen LogP contribution in [0, 0.1) is 0 Å². The molecule has 1 fully saturated rings. The van der Waals surface area contributed by atoms with Crippen LogP contribution < -0.4 is 0 Å². The smallest absolute Gasteiger partial charge is 0.185 e. The molecule has 0 amide bonds. The molecule has 110 valence electrons. The van der Waals surface area contributed by atoms with E-state index in [-0.39, 0.29) is 5.78 Å². The topological polar surface area (TPSA) is 17.1 Å². The van der Waals surface area contributed by atoms with Crippen molar-refractivity contribution in [2.75, 3.05) is 0 Å². The minimum atomic E-state index is 0.157. The summed E-state index contributed by atoms with van der Waals surface area (Å²) < 4.78 is 0. The molecular formula is C19H16OS2. The second kappa shape index (κ2) is 6.59. The summed E-state index contributed by atoms with van der Waals surface area (Å²) in [5, 5.41) is 0. The van der Waals surface area contributed by atoms with Gasteiger partial charge in [-0.3, -0.25) is 4.79 Å². The second-order valence-corrected chi connectivity index (χ2v) is 6.38. The lowest BCUT2D eigenvalue weighted by atomic mass is 10.1. The lowest BCUT2D eigenvalue weighted by molar-refractivity contribution is -0.111. The van der Waals surface area contributed by atoms with E-state index < -0.39 is 0 Å². The van der Waals surface area contributed by atoms with E-state index in [1.807, 2.05) is 60.7 Å². The number of hydrogen-bond acceptors (Lipinski definition) is 3. The van der Waals surface area contributed by atoms with Crippen LogP contribution >= 0.6 is 25.3 Å². The maximum Gasteiger partial charge on any atom is 0.185 e. The van der Waals surface area contributed by atoms with Gasteiger partial charge in [-0.2, -0.15) is 0 Å². The minimum Gasteiger partial charge on any atom is -0.289 e. The Hall–Kier alpha value is -1.71. The van der Waals surface area contributed by atoms with E-state index in [1.54, 1.807) is 0 Å². The van der Waals surface area contributed by atoms with Crippen molar-refractivity contribution in [2.45, 2.75) is 22.6 Å². The number of Topliss-reactive ketones (excluding diaryl/α,β-unsaturated/α-hetero) is 1. The third kappa shape index (κ3) is 3.54. The van der Waals surface area contributed by atoms with Crippen LogP contribution in [-0.2, 0) is 4.79 Å². The fourth-order valence-electron chi connectivity index (χ4n) is 2.52. The van der Waals surface area contributed by atoms with Gasteiger partial charge in [-0.1, -0.05) is 24.3 Å². The first-order chi connectivity index (χ1) is 10.6. The van der Waals surface area contributed by atoms with Gasteiger partial charge in [0, 0.05) is 20.9 Å². The second-order valence-electron chi connectivity index (χ2n) is 5.35. The third-order valence-electron chi connectivity index (χ3n) is 3.71. The Balaban J connectivity index is 1.82. The SMILES string of the molecule is O=C1/C(=C\c2ccc(S)cc2)CC/C1=C\c1ccc(S)cc1. The van der Waals surface area contributed by atoms with Crippen LogP contribution in [0.4, 0.5) is 0 Å². The van der Waals surface area contributed by atoms with E-state index in [0.717, 1.165) is 44.9 Å². The molecule has 0 aromatic heterocycles. The maximum atomic E-state index is 12.5. The van der Waals surface area contributed by atoms with Crippen LogP contribution in [0.5, 0.6) is 0 Å². The lowest BCUT2D eigenvalue weighted by Crippen LogP contribution is -1.95. The van der Waals surface area contributed by atoms with E-state index in [4.69, 9.17) is 0 Å². The number of rotatable bonds is 2. The van der Waals surface area contributed by atoms with Gasteiger partial charge in [0.1, 0.15) is 0 Å². The average molecular weight is 324 g/mol. The number of ketones is 1. The molecule has 0 N–H and O–H groups in total. The summed E-state index contributed by atoms with van der Waals surface area (Å²) in [7, 11) is 0. The van der Waals surface area contributed by atoms with Crippen molar-refractivity contribution in [3.63, 3.8) is 0 Å². The van der Waals surface area contributed by atoms with Gasteiger partial charge in [0.25, 0.3) is 0 Å². The summed E-state index contributed by atoms with van der Waals surface area (Å²) in [5.41, 5.74) is 3.84. The minimum absolute atomic E-state index is 0.157. The molecule has 1 aliphatic rings. The number of carbonyl (C=O) groups excluding carboxylic acids is 1. The maximum absolute atomic E-state index is 12.5. The van der Waals surface area contributed by atoms with E-state index in [2.05, 4.69) is 25.3 Å². The van der Waals surface area contributed by atoms with Crippen LogP contribution in [0.25, 0.3) is 12.2 Å². The first-order valence-electron chi connectivity index (χ1n) is 7.16. The van der Waals surface area contributed by atoms with Crippen molar-refractivity contribution in [3.8, 4) is 0 Å². The molecule has 0 spiro atoms. The molecule has 0 bridgehead atoms. The van der Waals surface area contributed by atoms with Gasteiger partial charge in [-0.05, 0) is 60.4 Å². The summed E-state index contributed by atoms with van der Waals surface area (Å²) >= 11 is 8.55. The van der Waals surface area contributed by atoms with Crippen molar-refractivity contribution in [2.24, 2.45) is 0 Å². The largest absolute Gasteiger partial charge is 0.289 e. The van der Waals surface area contributed by atoms with Crippen molar-refractivity contribution in [3.05, 3.63) is 70.8 Å². The summed E-state index contributed by atoms with van der Waals surface area (Å²) in [4.78, 5) is 14.3. The quantitative estimate of drug-likeness (QED) is 0.581. The molecule has 0 radical (unpaired) electrons. The highest BCUT2D eigenvalue weighted by atomic mass is 32.1. The molecule has 0 atom stereocenters. The van der Waals surface area contributed by atoms with Crippen molar-refractivity contribution < 1.29 is 4.79 Å². The highest BCUT2D eigenvalue weighted by Gasteiger charge is 2.22. The van der Waals surface area contributed by atoms with Crippen LogP contribution in [0.2, 0.25) is 0 Å². The molecule has 0 heterocycles. The van der Waals surface area contributed by atoms with Crippen LogP contribution in [0.3, 0.4) is 0 Å². The standard InChI is InChI=1S/C19H16OS2/c20-19-15(11-13-1-7-17(21)8-2-13)5-6-16(19)12-14-3-9-18(22)10-4-14/h1-4,7-12,21-22H,5-6H2/b15-11-,16-12+. The Labute approximate surface area is 141 Å². The molecule has 3 rings (SSSR count). The Morgan fingerprint density at radius 3 is 1.41 bits per heavy atom. The van der Waals surface area contributed by atoms with E-state index in [9.17, 15) is 4.79 Å². The lowest BCUT2D eigenvalue weighted by Gasteiger charge is -1.99. The van der Waals surface area contributed by atoms with Crippen molar-refractivity contribution in [1.82, 2.24) is 0 Å². The molecule has 2 aromatic carbocycles. The van der Waals surface area contributed by atoms with Gasteiger partial charge in [0.15, 0.2) is 5.78 Å². The zero-order chi connectivity index (χ0) is 15.5. The van der Waals surface area contributed by atoms with Crippen LogP contribution in [0.1, 0.15) is 24.0 Å². The molecule has 2 aromatic rings. The summed E-state index contributed by atoms with van der Waals surface area (Å²) in [6, 6.07) is 15.7. The van der Waals surface area contributed by atoms with E-state index in [1.165, 1.54) is 0 Å². The van der Waals surface area contributed by atoms with E-state index >= 15 is 0 Å². The molecule has 0 unspecified atom stereocenters. The van der Waals surface area contributed by atoms with Gasteiger partial charge < -0.3 is 0 Å². The Bertz CT molecular complexity index is 688.